The zero-order valence-electron chi connectivity index (χ0n) is 11.4. The van der Waals surface area contributed by atoms with Crippen molar-refractivity contribution in [2.75, 3.05) is 0 Å². The van der Waals surface area contributed by atoms with Crippen molar-refractivity contribution in [3.63, 3.8) is 0 Å². The van der Waals surface area contributed by atoms with Gasteiger partial charge in [0.05, 0.1) is 0 Å². The van der Waals surface area contributed by atoms with Crippen LogP contribution >= 0.6 is 46.4 Å². The van der Waals surface area contributed by atoms with Crippen LogP contribution in [0.2, 0.25) is 0 Å². The van der Waals surface area contributed by atoms with Crippen molar-refractivity contribution >= 4 is 69.5 Å². The molecule has 0 saturated heterocycles. The van der Waals surface area contributed by atoms with Crippen molar-refractivity contribution in [3.05, 3.63) is 43.2 Å². The van der Waals surface area contributed by atoms with E-state index < -0.39 is 66.3 Å². The maximum absolute atomic E-state index is 10.8. The Morgan fingerprint density at radius 3 is 0.680 bits per heavy atom. The molecule has 0 radical (unpaired) electrons. The number of hydrogen-bond donors (Lipinski definition) is 4. The number of rotatable bonds is 0. The third-order valence-electron chi connectivity index (χ3n) is 2.49. The first-order valence-corrected chi connectivity index (χ1v) is 6.98. The molecule has 0 saturated carbocycles. The Kier molecular flexibility index (Phi) is 9.06. The number of aliphatic hydroxyl groups is 4. The van der Waals surface area contributed by atoms with Crippen LogP contribution in [0.25, 0.3) is 0 Å². The van der Waals surface area contributed by atoms with E-state index in [4.69, 9.17) is 66.8 Å². The summed E-state index contributed by atoms with van der Waals surface area (Å²) in [4.78, 5) is 43.2. The topological polar surface area (TPSA) is 149 Å². The Morgan fingerprint density at radius 2 is 0.560 bits per heavy atom. The van der Waals surface area contributed by atoms with Gasteiger partial charge in [-0.1, -0.05) is 46.4 Å². The van der Waals surface area contributed by atoms with E-state index in [-0.39, 0.29) is 39.9 Å². The average Bonchev–Trinajstić information content (AvgIpc) is 2.58. The van der Waals surface area contributed by atoms with Gasteiger partial charge in [0.25, 0.3) is 0 Å². The Bertz CT molecular complexity index is 629. The van der Waals surface area contributed by atoms with Crippen LogP contribution in [0.4, 0.5) is 0 Å². The van der Waals surface area contributed by atoms with E-state index in [2.05, 4.69) is 0 Å². The smallest absolute Gasteiger partial charge is 0.244 e. The number of ketones is 4. The molecule has 0 aromatic carbocycles. The first-order valence-electron chi connectivity index (χ1n) is 5.47. The Labute approximate surface area is 190 Å². The summed E-state index contributed by atoms with van der Waals surface area (Å²) in [5.74, 6) is -8.53. The Balaban J connectivity index is 0.000000443. The van der Waals surface area contributed by atoms with Crippen LogP contribution in [0, 0.1) is 39.9 Å². The quantitative estimate of drug-likeness (QED) is 0.292. The summed E-state index contributed by atoms with van der Waals surface area (Å²) in [7, 11) is 0. The van der Waals surface area contributed by atoms with Gasteiger partial charge in [0.1, 0.15) is 20.1 Å². The van der Waals surface area contributed by atoms with Crippen LogP contribution < -0.4 is 0 Å². The molecule has 13 heteroatoms. The standard InChI is InChI=1S/2C6H2Cl2O4.Th/c2*7-1-2(8)4(10)6(12)5(11)3(1)9;/h2*11-12H;. The minimum absolute atomic E-state index is 0. The molecule has 0 aliphatic heterocycles. The van der Waals surface area contributed by atoms with E-state index in [1.54, 1.807) is 0 Å². The van der Waals surface area contributed by atoms with Crippen molar-refractivity contribution in [2.45, 2.75) is 0 Å². The monoisotopic (exact) mass is 648 g/mol. The molecule has 0 unspecified atom stereocenters. The molecular weight excluding hydrogens is 646 g/mol. The number of hydrogen-bond acceptors (Lipinski definition) is 8. The number of carbonyl (C=O) groups is 4. The molecule has 0 fully saturated rings. The molecule has 2 aliphatic carbocycles. The molecule has 132 valence electrons. The fourth-order valence-electron chi connectivity index (χ4n) is 1.24. The largest absolute Gasteiger partial charge is 0.501 e. The van der Waals surface area contributed by atoms with Crippen LogP contribution in [-0.2, 0) is 19.2 Å². The van der Waals surface area contributed by atoms with Crippen LogP contribution in [-0.4, -0.2) is 43.6 Å². The zero-order chi connectivity index (χ0) is 18.9. The van der Waals surface area contributed by atoms with Gasteiger partial charge in [-0.05, 0) is 0 Å². The average molecular weight is 650 g/mol. The van der Waals surface area contributed by atoms with E-state index in [1.807, 2.05) is 0 Å². The molecule has 0 spiro atoms. The Hall–Kier alpha value is -0.675. The molecular formula is C12H4Cl4O8Th. The summed E-state index contributed by atoms with van der Waals surface area (Å²) in [6.07, 6.45) is 0. The Morgan fingerprint density at radius 1 is 0.440 bits per heavy atom. The molecule has 0 aromatic heterocycles. The number of aliphatic hydroxyl groups excluding tert-OH is 4. The van der Waals surface area contributed by atoms with Crippen LogP contribution in [0.1, 0.15) is 0 Å². The van der Waals surface area contributed by atoms with Gasteiger partial charge in [0.2, 0.25) is 46.2 Å². The van der Waals surface area contributed by atoms with Gasteiger partial charge >= 0.3 is 0 Å². The predicted octanol–water partition coefficient (Wildman–Crippen LogP) is 2.31. The zero-order valence-corrected chi connectivity index (χ0v) is 18.6. The van der Waals surface area contributed by atoms with Gasteiger partial charge in [0.15, 0.2) is 0 Å². The molecule has 4 N–H and O–H groups in total. The molecule has 2 aliphatic rings. The summed E-state index contributed by atoms with van der Waals surface area (Å²) in [6.45, 7) is 0. The molecule has 0 bridgehead atoms. The maximum atomic E-state index is 10.8. The molecule has 0 heterocycles. The van der Waals surface area contributed by atoms with Crippen molar-refractivity contribution in [2.24, 2.45) is 0 Å². The minimum atomic E-state index is -1.07. The van der Waals surface area contributed by atoms with Gasteiger partial charge in [-0.2, -0.15) is 0 Å². The molecule has 8 nitrogen and oxygen atoms in total. The summed E-state index contributed by atoms with van der Waals surface area (Å²) >= 11 is 21.0. The summed E-state index contributed by atoms with van der Waals surface area (Å²) < 4.78 is 0. The van der Waals surface area contributed by atoms with E-state index in [9.17, 15) is 19.2 Å². The van der Waals surface area contributed by atoms with E-state index in [1.165, 1.54) is 0 Å². The van der Waals surface area contributed by atoms with E-state index >= 15 is 0 Å². The van der Waals surface area contributed by atoms with Gasteiger partial charge in [-0.15, -0.1) is 0 Å². The molecule has 0 atom stereocenters. The molecule has 25 heavy (non-hydrogen) atoms. The molecule has 2 rings (SSSR count). The van der Waals surface area contributed by atoms with Gasteiger partial charge in [0, 0.05) is 39.9 Å². The maximum Gasteiger partial charge on any atom is 0.244 e. The SMILES string of the molecule is O=C1C(O)=C(O)C(=O)C(Cl)=C1Cl.O=C1C(O)=C(O)C(=O)C(Cl)=C1Cl.[Th]. The van der Waals surface area contributed by atoms with Crippen molar-refractivity contribution < 1.29 is 79.5 Å². The van der Waals surface area contributed by atoms with Crippen molar-refractivity contribution in [1.29, 1.82) is 0 Å². The second-order valence-electron chi connectivity index (χ2n) is 3.97. The van der Waals surface area contributed by atoms with Gasteiger partial charge in [-0.3, -0.25) is 19.2 Å². The first-order chi connectivity index (χ1) is 10.9. The fraction of sp³-hybridized carbons (Fsp3) is 0. The van der Waals surface area contributed by atoms with Crippen molar-refractivity contribution in [1.82, 2.24) is 0 Å². The summed E-state index contributed by atoms with van der Waals surface area (Å²) in [5, 5.41) is 32.8. The second-order valence-corrected chi connectivity index (χ2v) is 5.48. The number of allylic oxidation sites excluding steroid dienone is 4. The third-order valence-corrected chi connectivity index (χ3v) is 4.13. The second kappa shape index (κ2) is 9.32. The van der Waals surface area contributed by atoms with Crippen LogP contribution in [0.15, 0.2) is 43.2 Å². The molecule has 0 amide bonds. The minimum Gasteiger partial charge on any atom is -0.501 e. The van der Waals surface area contributed by atoms with Gasteiger partial charge < -0.3 is 20.4 Å². The first kappa shape index (κ1) is 24.3. The number of halogens is 4. The predicted molar refractivity (Wildman–Crippen MR) is 82.1 cm³/mol. The summed E-state index contributed by atoms with van der Waals surface area (Å²) in [6, 6.07) is 0. The van der Waals surface area contributed by atoms with Crippen LogP contribution in [0.5, 0.6) is 0 Å². The fourth-order valence-corrected chi connectivity index (χ4v) is 1.95. The normalized spacial score (nSPS) is 18.4. The number of carbonyl (C=O) groups excluding carboxylic acids is 4. The van der Waals surface area contributed by atoms with E-state index in [0.717, 1.165) is 0 Å². The molecule has 0 aromatic rings. The van der Waals surface area contributed by atoms with E-state index in [0.29, 0.717) is 0 Å². The number of Topliss-reactive ketones (excluding diaryl/α,β-unsaturated/α-hetero) is 4. The van der Waals surface area contributed by atoms with Gasteiger partial charge in [-0.25, -0.2) is 0 Å². The third kappa shape index (κ3) is 4.74. The summed E-state index contributed by atoms with van der Waals surface area (Å²) in [5.41, 5.74) is 0. The van der Waals surface area contributed by atoms with Crippen LogP contribution in [0.3, 0.4) is 0 Å². The van der Waals surface area contributed by atoms with Crippen molar-refractivity contribution in [3.8, 4) is 0 Å².